The van der Waals surface area contributed by atoms with Crippen LogP contribution < -0.4 is 10.1 Å². The first-order chi connectivity index (χ1) is 10.9. The van der Waals surface area contributed by atoms with Gasteiger partial charge in [-0.2, -0.15) is 13.8 Å². The molecule has 0 bridgehead atoms. The molecule has 1 fully saturated rings. The Bertz CT molecular complexity index is 695. The molecule has 1 heterocycles. The van der Waals surface area contributed by atoms with Gasteiger partial charge in [-0.3, -0.25) is 14.8 Å². The van der Waals surface area contributed by atoms with Crippen LogP contribution in [0.25, 0.3) is 0 Å². The number of anilines is 1. The minimum Gasteiger partial charge on any atom is -0.435 e. The third kappa shape index (κ3) is 3.46. The molecule has 0 radical (unpaired) electrons. The van der Waals surface area contributed by atoms with E-state index in [9.17, 15) is 13.6 Å². The Morgan fingerprint density at radius 1 is 1.39 bits per heavy atom. The van der Waals surface area contributed by atoms with Gasteiger partial charge in [-0.1, -0.05) is 12.1 Å². The van der Waals surface area contributed by atoms with Crippen molar-refractivity contribution in [1.29, 1.82) is 0 Å². The van der Waals surface area contributed by atoms with Crippen LogP contribution in [-0.2, 0) is 11.8 Å². The van der Waals surface area contributed by atoms with E-state index in [0.717, 1.165) is 5.56 Å². The Hall–Kier alpha value is -2.51. The summed E-state index contributed by atoms with van der Waals surface area (Å²) >= 11 is 0. The SMILES string of the molecule is Cc1nc(NC(=O)[C@@H]2C[C@H]2c2ccc(OC(F)F)cc2)nn1C. The molecule has 0 spiro atoms. The zero-order valence-corrected chi connectivity index (χ0v) is 12.7. The summed E-state index contributed by atoms with van der Waals surface area (Å²) in [5.41, 5.74) is 0.928. The highest BCUT2D eigenvalue weighted by Crippen LogP contribution is 2.48. The van der Waals surface area contributed by atoms with Gasteiger partial charge in [-0.05, 0) is 37.0 Å². The second kappa shape index (κ2) is 5.94. The molecule has 8 heteroatoms. The predicted molar refractivity (Wildman–Crippen MR) is 78.3 cm³/mol. The van der Waals surface area contributed by atoms with Crippen LogP contribution in [0.5, 0.6) is 5.75 Å². The van der Waals surface area contributed by atoms with Crippen LogP contribution >= 0.6 is 0 Å². The van der Waals surface area contributed by atoms with Gasteiger partial charge in [0.05, 0.1) is 0 Å². The number of carbonyl (C=O) groups excluding carboxylic acids is 1. The highest BCUT2D eigenvalue weighted by atomic mass is 19.3. The lowest BCUT2D eigenvalue weighted by atomic mass is 10.1. The number of benzene rings is 1. The molecular formula is C15H16F2N4O2. The van der Waals surface area contributed by atoms with E-state index >= 15 is 0 Å². The second-order valence-electron chi connectivity index (χ2n) is 5.49. The first-order valence-electron chi connectivity index (χ1n) is 7.17. The number of aromatic nitrogens is 3. The number of amides is 1. The molecule has 2 aromatic rings. The normalized spacial score (nSPS) is 19.7. The molecule has 122 valence electrons. The van der Waals surface area contributed by atoms with Crippen molar-refractivity contribution in [2.24, 2.45) is 13.0 Å². The molecular weight excluding hydrogens is 306 g/mol. The average Bonchev–Trinajstić information content (AvgIpc) is 3.21. The van der Waals surface area contributed by atoms with Crippen molar-refractivity contribution in [1.82, 2.24) is 14.8 Å². The number of nitrogens with zero attached hydrogens (tertiary/aromatic N) is 3. The molecule has 0 unspecified atom stereocenters. The minimum absolute atomic E-state index is 0.0837. The molecule has 2 atom stereocenters. The molecule has 1 aliphatic carbocycles. The highest BCUT2D eigenvalue weighted by Gasteiger charge is 2.44. The Kier molecular flexibility index (Phi) is 3.97. The Morgan fingerprint density at radius 3 is 2.65 bits per heavy atom. The molecule has 3 rings (SSSR count). The number of hydrogen-bond donors (Lipinski definition) is 1. The summed E-state index contributed by atoms with van der Waals surface area (Å²) in [5, 5.41) is 6.78. The van der Waals surface area contributed by atoms with Crippen molar-refractivity contribution in [3.63, 3.8) is 0 Å². The van der Waals surface area contributed by atoms with Crippen LogP contribution in [0.15, 0.2) is 24.3 Å². The van der Waals surface area contributed by atoms with Gasteiger partial charge in [0.15, 0.2) is 0 Å². The fraction of sp³-hybridized carbons (Fsp3) is 0.400. The highest BCUT2D eigenvalue weighted by molar-refractivity contribution is 5.93. The van der Waals surface area contributed by atoms with E-state index in [2.05, 4.69) is 20.1 Å². The van der Waals surface area contributed by atoms with Crippen molar-refractivity contribution in [2.45, 2.75) is 25.9 Å². The van der Waals surface area contributed by atoms with E-state index in [-0.39, 0.29) is 23.5 Å². The van der Waals surface area contributed by atoms with Crippen LogP contribution in [-0.4, -0.2) is 27.3 Å². The van der Waals surface area contributed by atoms with Crippen LogP contribution in [0.4, 0.5) is 14.7 Å². The van der Waals surface area contributed by atoms with E-state index in [1.165, 1.54) is 12.1 Å². The van der Waals surface area contributed by atoms with Gasteiger partial charge in [0, 0.05) is 13.0 Å². The molecule has 1 aromatic carbocycles. The van der Waals surface area contributed by atoms with E-state index in [0.29, 0.717) is 18.2 Å². The third-order valence-electron chi connectivity index (χ3n) is 3.88. The molecule has 0 saturated heterocycles. The van der Waals surface area contributed by atoms with E-state index in [1.807, 2.05) is 0 Å². The number of aryl methyl sites for hydroxylation is 2. The monoisotopic (exact) mass is 322 g/mol. The summed E-state index contributed by atoms with van der Waals surface area (Å²) in [6.45, 7) is -1.04. The summed E-state index contributed by atoms with van der Waals surface area (Å²) in [4.78, 5) is 16.3. The van der Waals surface area contributed by atoms with E-state index in [1.54, 1.807) is 30.8 Å². The number of halogens is 2. The van der Waals surface area contributed by atoms with Gasteiger partial charge in [0.25, 0.3) is 0 Å². The third-order valence-corrected chi connectivity index (χ3v) is 3.88. The first-order valence-corrected chi connectivity index (χ1v) is 7.17. The Balaban J connectivity index is 1.59. The van der Waals surface area contributed by atoms with Gasteiger partial charge in [-0.15, -0.1) is 5.10 Å². The first kappa shape index (κ1) is 15.4. The summed E-state index contributed by atoms with van der Waals surface area (Å²) in [7, 11) is 1.75. The summed E-state index contributed by atoms with van der Waals surface area (Å²) in [5.74, 6) is 0.914. The van der Waals surface area contributed by atoms with Gasteiger partial charge < -0.3 is 4.74 Å². The van der Waals surface area contributed by atoms with Crippen LogP contribution in [0.1, 0.15) is 23.7 Å². The summed E-state index contributed by atoms with van der Waals surface area (Å²) in [6, 6.07) is 6.38. The summed E-state index contributed by atoms with van der Waals surface area (Å²) < 4.78 is 30.1. The topological polar surface area (TPSA) is 69.0 Å². The lowest BCUT2D eigenvalue weighted by Crippen LogP contribution is -2.15. The van der Waals surface area contributed by atoms with E-state index < -0.39 is 6.61 Å². The quantitative estimate of drug-likeness (QED) is 0.918. The molecule has 0 aliphatic heterocycles. The number of ether oxygens (including phenoxy) is 1. The minimum atomic E-state index is -2.84. The fourth-order valence-corrected chi connectivity index (χ4v) is 2.47. The van der Waals surface area contributed by atoms with Crippen LogP contribution in [0, 0.1) is 12.8 Å². The lowest BCUT2D eigenvalue weighted by Gasteiger charge is -2.05. The largest absolute Gasteiger partial charge is 0.435 e. The maximum Gasteiger partial charge on any atom is 0.387 e. The zero-order chi connectivity index (χ0) is 16.6. The average molecular weight is 322 g/mol. The fourth-order valence-electron chi connectivity index (χ4n) is 2.47. The van der Waals surface area contributed by atoms with Crippen molar-refractivity contribution in [2.75, 3.05) is 5.32 Å². The molecule has 1 aliphatic rings. The van der Waals surface area contributed by atoms with Gasteiger partial charge in [-0.25, -0.2) is 0 Å². The van der Waals surface area contributed by atoms with Gasteiger partial charge in [0.2, 0.25) is 11.9 Å². The zero-order valence-electron chi connectivity index (χ0n) is 12.7. The smallest absolute Gasteiger partial charge is 0.387 e. The van der Waals surface area contributed by atoms with Crippen molar-refractivity contribution >= 4 is 11.9 Å². The van der Waals surface area contributed by atoms with Crippen LogP contribution in [0.2, 0.25) is 0 Å². The van der Waals surface area contributed by atoms with Gasteiger partial charge in [0.1, 0.15) is 11.6 Å². The lowest BCUT2D eigenvalue weighted by molar-refractivity contribution is -0.117. The Labute approximate surface area is 131 Å². The maximum atomic E-state index is 12.2. The summed E-state index contributed by atoms with van der Waals surface area (Å²) in [6.07, 6.45) is 0.715. The molecule has 1 amide bonds. The molecule has 1 N–H and O–H groups in total. The molecule has 1 saturated carbocycles. The number of carbonyl (C=O) groups is 1. The van der Waals surface area contributed by atoms with Crippen molar-refractivity contribution in [3.05, 3.63) is 35.7 Å². The molecule has 23 heavy (non-hydrogen) atoms. The molecule has 6 nitrogen and oxygen atoms in total. The number of alkyl halides is 2. The van der Waals surface area contributed by atoms with E-state index in [4.69, 9.17) is 0 Å². The Morgan fingerprint density at radius 2 is 2.09 bits per heavy atom. The van der Waals surface area contributed by atoms with Crippen LogP contribution in [0.3, 0.4) is 0 Å². The molecule has 1 aromatic heterocycles. The number of nitrogens with one attached hydrogen (secondary N) is 1. The number of hydrogen-bond acceptors (Lipinski definition) is 4. The number of rotatable bonds is 5. The van der Waals surface area contributed by atoms with Gasteiger partial charge >= 0.3 is 6.61 Å². The van der Waals surface area contributed by atoms with Crippen molar-refractivity contribution < 1.29 is 18.3 Å². The van der Waals surface area contributed by atoms with Crippen molar-refractivity contribution in [3.8, 4) is 5.75 Å². The standard InChI is InChI=1S/C15H16F2N4O2/c1-8-18-15(20-21(8)2)19-13(22)12-7-11(12)9-3-5-10(6-4-9)23-14(16)17/h3-6,11-12,14H,7H2,1-2H3,(H,19,20,22)/t11-,12+/m0/s1. The second-order valence-corrected chi connectivity index (χ2v) is 5.49. The predicted octanol–water partition coefficient (Wildman–Crippen LogP) is 2.47. The maximum absolute atomic E-state index is 12.2.